The second kappa shape index (κ2) is 2.96. The van der Waals surface area contributed by atoms with Crippen LogP contribution in [-0.2, 0) is 0 Å². The summed E-state index contributed by atoms with van der Waals surface area (Å²) < 4.78 is 0. The highest BCUT2D eigenvalue weighted by Crippen LogP contribution is 2.19. The molecule has 0 saturated heterocycles. The van der Waals surface area contributed by atoms with Gasteiger partial charge in [-0.2, -0.15) is 0 Å². The fraction of sp³-hybridized carbons (Fsp3) is 0.143. The van der Waals surface area contributed by atoms with E-state index in [4.69, 9.17) is 16.6 Å². The van der Waals surface area contributed by atoms with E-state index in [2.05, 4.69) is 0 Å². The Morgan fingerprint density at radius 1 is 1.10 bits per heavy atom. The molecule has 0 aliphatic rings. The number of hydrogen-bond acceptors (Lipinski definition) is 3. The van der Waals surface area contributed by atoms with E-state index >= 15 is 0 Å². The lowest BCUT2D eigenvalue weighted by molar-refractivity contribution is 0.476. The number of benzene rings is 1. The molecule has 0 unspecified atom stereocenters. The molecule has 1 aromatic carbocycles. The van der Waals surface area contributed by atoms with Crippen LogP contribution in [0.4, 0.5) is 11.4 Å². The number of aromatic hydroxyl groups is 1. The average Bonchev–Trinajstić information content (AvgIpc) is 1.80. The summed E-state index contributed by atoms with van der Waals surface area (Å²) in [6.07, 6.45) is 0. The number of rotatable bonds is 0. The van der Waals surface area contributed by atoms with Crippen LogP contribution in [0.15, 0.2) is 18.2 Å². The molecule has 3 nitrogen and oxygen atoms in total. The Balaban J connectivity index is 0.000000810. The third kappa shape index (κ3) is 1.55. The molecule has 0 aliphatic carbocycles. The first-order valence-electron chi connectivity index (χ1n) is 2.54. The minimum atomic E-state index is 0. The molecule has 0 heterocycles. The van der Waals surface area contributed by atoms with E-state index < -0.39 is 0 Å². The fourth-order valence-electron chi connectivity index (χ4n) is 0.562. The molecule has 0 amide bonds. The van der Waals surface area contributed by atoms with Crippen LogP contribution in [0.25, 0.3) is 0 Å². The van der Waals surface area contributed by atoms with Gasteiger partial charge in [-0.3, -0.25) is 0 Å². The normalized spacial score (nSPS) is 8.40. The van der Waals surface area contributed by atoms with Crippen LogP contribution in [-0.4, -0.2) is 5.11 Å². The molecule has 0 radical (unpaired) electrons. The van der Waals surface area contributed by atoms with Crippen molar-refractivity contribution < 1.29 is 5.11 Å². The second-order valence-electron chi connectivity index (χ2n) is 1.81. The molecule has 0 aromatic heterocycles. The predicted octanol–water partition coefficient (Wildman–Crippen LogP) is 1.19. The standard InChI is InChI=1S/C6H8N2O.CH4/c7-5-2-1-4(9)3-6(5)8;/h1-3,9H,7-8H2;1H4. The Bertz CT molecular complexity index is 223. The lowest BCUT2D eigenvalue weighted by atomic mass is 10.3. The number of phenolic OH excluding ortho intramolecular Hbond substituents is 1. The van der Waals surface area contributed by atoms with Crippen LogP contribution < -0.4 is 11.5 Å². The van der Waals surface area contributed by atoms with Crippen molar-refractivity contribution >= 4 is 11.4 Å². The Kier molecular flexibility index (Phi) is 2.55. The summed E-state index contributed by atoms with van der Waals surface area (Å²) >= 11 is 0. The number of hydrogen-bond donors (Lipinski definition) is 3. The van der Waals surface area contributed by atoms with E-state index in [-0.39, 0.29) is 13.2 Å². The molecule has 3 heteroatoms. The van der Waals surface area contributed by atoms with Gasteiger partial charge in [-0.1, -0.05) is 7.43 Å². The molecule has 0 saturated carbocycles. The van der Waals surface area contributed by atoms with E-state index in [9.17, 15) is 0 Å². The lowest BCUT2D eigenvalue weighted by Gasteiger charge is -1.97. The summed E-state index contributed by atoms with van der Waals surface area (Å²) in [7, 11) is 0. The SMILES string of the molecule is C.Nc1ccc(O)cc1N. The van der Waals surface area contributed by atoms with Gasteiger partial charge in [0, 0.05) is 6.07 Å². The molecule has 0 fully saturated rings. The topological polar surface area (TPSA) is 72.3 Å². The van der Waals surface area contributed by atoms with Gasteiger partial charge in [0.1, 0.15) is 5.75 Å². The zero-order valence-corrected chi connectivity index (χ0v) is 4.83. The Morgan fingerprint density at radius 3 is 2.10 bits per heavy atom. The van der Waals surface area contributed by atoms with Gasteiger partial charge in [0.25, 0.3) is 0 Å². The van der Waals surface area contributed by atoms with Crippen LogP contribution in [0.5, 0.6) is 5.75 Å². The second-order valence-corrected chi connectivity index (χ2v) is 1.81. The van der Waals surface area contributed by atoms with E-state index in [1.807, 2.05) is 0 Å². The quantitative estimate of drug-likeness (QED) is 0.374. The lowest BCUT2D eigenvalue weighted by Crippen LogP contribution is -1.92. The number of phenols is 1. The largest absolute Gasteiger partial charge is 0.508 e. The van der Waals surface area contributed by atoms with Crippen LogP contribution in [0.1, 0.15) is 7.43 Å². The highest BCUT2D eigenvalue weighted by atomic mass is 16.3. The summed E-state index contributed by atoms with van der Waals surface area (Å²) in [6.45, 7) is 0. The Morgan fingerprint density at radius 2 is 1.70 bits per heavy atom. The summed E-state index contributed by atoms with van der Waals surface area (Å²) in [5, 5.41) is 8.80. The van der Waals surface area contributed by atoms with Crippen molar-refractivity contribution in [2.75, 3.05) is 11.5 Å². The number of nitrogens with two attached hydrogens (primary N) is 2. The van der Waals surface area contributed by atoms with Crippen molar-refractivity contribution in [3.63, 3.8) is 0 Å². The summed E-state index contributed by atoms with van der Waals surface area (Å²) in [4.78, 5) is 0. The van der Waals surface area contributed by atoms with E-state index in [0.717, 1.165) is 0 Å². The summed E-state index contributed by atoms with van der Waals surface area (Å²) in [5.74, 6) is 0.140. The first-order valence-corrected chi connectivity index (χ1v) is 2.54. The maximum Gasteiger partial charge on any atom is 0.117 e. The molecule has 56 valence electrons. The van der Waals surface area contributed by atoms with Gasteiger partial charge in [-0.15, -0.1) is 0 Å². The van der Waals surface area contributed by atoms with Crippen LogP contribution in [0, 0.1) is 0 Å². The highest BCUT2D eigenvalue weighted by Gasteiger charge is 1.92. The molecule has 5 N–H and O–H groups in total. The summed E-state index contributed by atoms with van der Waals surface area (Å²) in [5.41, 5.74) is 11.6. The molecule has 1 aromatic rings. The van der Waals surface area contributed by atoms with E-state index in [0.29, 0.717) is 11.4 Å². The zero-order chi connectivity index (χ0) is 6.85. The molecule has 1 rings (SSSR count). The summed E-state index contributed by atoms with van der Waals surface area (Å²) in [6, 6.07) is 4.46. The third-order valence-corrected chi connectivity index (χ3v) is 1.07. The fourth-order valence-corrected chi connectivity index (χ4v) is 0.562. The zero-order valence-electron chi connectivity index (χ0n) is 4.83. The average molecular weight is 140 g/mol. The maximum atomic E-state index is 8.80. The van der Waals surface area contributed by atoms with Crippen molar-refractivity contribution in [1.82, 2.24) is 0 Å². The maximum absolute atomic E-state index is 8.80. The van der Waals surface area contributed by atoms with Gasteiger partial charge in [-0.05, 0) is 12.1 Å². The first-order chi connectivity index (χ1) is 4.20. The van der Waals surface area contributed by atoms with Gasteiger partial charge >= 0.3 is 0 Å². The van der Waals surface area contributed by atoms with Crippen molar-refractivity contribution in [2.45, 2.75) is 7.43 Å². The Hall–Kier alpha value is -1.38. The van der Waals surface area contributed by atoms with Gasteiger partial charge in [0.05, 0.1) is 11.4 Å². The van der Waals surface area contributed by atoms with Gasteiger partial charge in [0.2, 0.25) is 0 Å². The third-order valence-electron chi connectivity index (χ3n) is 1.07. The molecule has 0 spiro atoms. The van der Waals surface area contributed by atoms with Gasteiger partial charge < -0.3 is 16.6 Å². The predicted molar refractivity (Wildman–Crippen MR) is 43.7 cm³/mol. The molecule has 0 bridgehead atoms. The highest BCUT2D eigenvalue weighted by molar-refractivity contribution is 5.64. The van der Waals surface area contributed by atoms with Gasteiger partial charge in [-0.25, -0.2) is 0 Å². The minimum absolute atomic E-state index is 0. The van der Waals surface area contributed by atoms with Crippen molar-refractivity contribution in [2.24, 2.45) is 0 Å². The molecular weight excluding hydrogens is 128 g/mol. The first kappa shape index (κ1) is 8.62. The Labute approximate surface area is 60.3 Å². The molecular formula is C7H12N2O. The smallest absolute Gasteiger partial charge is 0.117 e. The van der Waals surface area contributed by atoms with Crippen molar-refractivity contribution in [1.29, 1.82) is 0 Å². The number of anilines is 2. The van der Waals surface area contributed by atoms with Crippen LogP contribution >= 0.6 is 0 Å². The van der Waals surface area contributed by atoms with Crippen LogP contribution in [0.2, 0.25) is 0 Å². The van der Waals surface area contributed by atoms with Gasteiger partial charge in [0.15, 0.2) is 0 Å². The van der Waals surface area contributed by atoms with Crippen molar-refractivity contribution in [3.8, 4) is 5.75 Å². The van der Waals surface area contributed by atoms with E-state index in [1.54, 1.807) is 6.07 Å². The molecule has 0 atom stereocenters. The minimum Gasteiger partial charge on any atom is -0.508 e. The monoisotopic (exact) mass is 140 g/mol. The molecule has 10 heavy (non-hydrogen) atoms. The van der Waals surface area contributed by atoms with Crippen molar-refractivity contribution in [3.05, 3.63) is 18.2 Å². The number of nitrogen functional groups attached to an aromatic ring is 2. The van der Waals surface area contributed by atoms with Crippen LogP contribution in [0.3, 0.4) is 0 Å². The molecule has 0 aliphatic heterocycles. The van der Waals surface area contributed by atoms with E-state index in [1.165, 1.54) is 12.1 Å².